The van der Waals surface area contributed by atoms with Crippen LogP contribution in [0.25, 0.3) is 10.4 Å². The van der Waals surface area contributed by atoms with E-state index in [2.05, 4.69) is 10.0 Å². The van der Waals surface area contributed by atoms with Crippen LogP contribution in [0.2, 0.25) is 5.02 Å². The van der Waals surface area contributed by atoms with Crippen LogP contribution >= 0.6 is 11.6 Å². The van der Waals surface area contributed by atoms with E-state index < -0.39 is 33.2 Å². The molecule has 0 bridgehead atoms. The van der Waals surface area contributed by atoms with E-state index in [1.54, 1.807) is 6.92 Å². The van der Waals surface area contributed by atoms with Crippen molar-refractivity contribution in [2.45, 2.75) is 57.1 Å². The molecule has 0 N–H and O–H groups in total. The van der Waals surface area contributed by atoms with Gasteiger partial charge < -0.3 is 9.47 Å². The van der Waals surface area contributed by atoms with Crippen molar-refractivity contribution in [1.82, 2.24) is 0 Å². The van der Waals surface area contributed by atoms with Gasteiger partial charge in [0.2, 0.25) is 0 Å². The Hall–Kier alpha value is -2.82. The number of amides is 1. The van der Waals surface area contributed by atoms with Crippen LogP contribution in [0.3, 0.4) is 0 Å². The zero-order chi connectivity index (χ0) is 25.8. The predicted octanol–water partition coefficient (Wildman–Crippen LogP) is 5.66. The summed E-state index contributed by atoms with van der Waals surface area (Å²) in [5.41, 5.74) is 8.23. The third-order valence-corrected chi connectivity index (χ3v) is 7.53. The summed E-state index contributed by atoms with van der Waals surface area (Å²) in [5, 5.41) is 1.95. The van der Waals surface area contributed by atoms with Gasteiger partial charge in [-0.05, 0) is 62.8 Å². The third kappa shape index (κ3) is 8.12. The lowest BCUT2D eigenvalue weighted by Crippen LogP contribution is -2.44. The van der Waals surface area contributed by atoms with E-state index in [1.165, 1.54) is 6.08 Å². The minimum Gasteiger partial charge on any atom is -0.463 e. The molecular formula is C22H28ClFN4O6S. The Balaban J connectivity index is 2.24. The molecule has 0 saturated carbocycles. The van der Waals surface area contributed by atoms with Crippen LogP contribution in [-0.2, 0) is 24.3 Å². The number of benzene rings is 1. The molecule has 1 aliphatic rings. The van der Waals surface area contributed by atoms with Gasteiger partial charge in [0.25, 0.3) is 10.0 Å². The van der Waals surface area contributed by atoms with Gasteiger partial charge in [0.1, 0.15) is 5.82 Å². The highest BCUT2D eigenvalue weighted by atomic mass is 35.5. The average Bonchev–Trinajstić information content (AvgIpc) is 2.82. The smallest absolute Gasteiger partial charge is 0.428 e. The fourth-order valence-electron chi connectivity index (χ4n) is 3.54. The molecule has 1 amide bonds. The number of hydrogen-bond acceptors (Lipinski definition) is 7. The second-order valence-electron chi connectivity index (χ2n) is 7.73. The summed E-state index contributed by atoms with van der Waals surface area (Å²) >= 11 is 6.10. The van der Waals surface area contributed by atoms with E-state index in [4.69, 9.17) is 26.6 Å². The Kier molecular flexibility index (Phi) is 11.3. The molecule has 1 aromatic rings. The predicted molar refractivity (Wildman–Crippen MR) is 129 cm³/mol. The molecule has 192 valence electrons. The molecule has 1 unspecified atom stereocenters. The lowest BCUT2D eigenvalue weighted by atomic mass is 9.99. The van der Waals surface area contributed by atoms with Gasteiger partial charge in [-0.3, -0.25) is 0 Å². The van der Waals surface area contributed by atoms with E-state index in [1.807, 2.05) is 0 Å². The number of rotatable bonds is 12. The highest BCUT2D eigenvalue weighted by Gasteiger charge is 2.39. The first-order valence-electron chi connectivity index (χ1n) is 11.3. The standard InChI is InChI=1S/C22H28ClFN4O6S/c1-2-33-21(29)16-8-7-9-18(14-16)35(31,32)28(20-11-10-17(24)15-19(20)23)22(30)34-13-6-4-3-5-12-26-27-25/h10-11,14-15,18H,2-9,12-13H2,1H3. The number of carbonyl (C=O) groups is 2. The van der Waals surface area contributed by atoms with Gasteiger partial charge in [-0.25, -0.2) is 22.4 Å². The van der Waals surface area contributed by atoms with Gasteiger partial charge in [0.15, 0.2) is 0 Å². The summed E-state index contributed by atoms with van der Waals surface area (Å²) in [7, 11) is -4.43. The van der Waals surface area contributed by atoms with Crippen molar-refractivity contribution < 1.29 is 31.9 Å². The first-order valence-corrected chi connectivity index (χ1v) is 13.1. The van der Waals surface area contributed by atoms with Crippen molar-refractivity contribution in [3.05, 3.63) is 51.1 Å². The third-order valence-electron chi connectivity index (χ3n) is 5.23. The van der Waals surface area contributed by atoms with Crippen LogP contribution in [0.15, 0.2) is 35.0 Å². The van der Waals surface area contributed by atoms with Crippen LogP contribution in [0, 0.1) is 5.82 Å². The average molecular weight is 531 g/mol. The number of azide groups is 1. The maximum Gasteiger partial charge on any atom is 0.428 e. The molecule has 2 rings (SSSR count). The van der Waals surface area contributed by atoms with Crippen LogP contribution in [0.5, 0.6) is 0 Å². The molecule has 0 fully saturated rings. The van der Waals surface area contributed by atoms with Crippen LogP contribution in [0.1, 0.15) is 51.9 Å². The highest BCUT2D eigenvalue weighted by Crippen LogP contribution is 2.34. The molecule has 1 aliphatic carbocycles. The van der Waals surface area contributed by atoms with E-state index in [-0.39, 0.29) is 35.9 Å². The summed E-state index contributed by atoms with van der Waals surface area (Å²) in [4.78, 5) is 27.8. The molecule has 0 radical (unpaired) electrons. The maximum absolute atomic E-state index is 13.6. The van der Waals surface area contributed by atoms with Crippen LogP contribution in [-0.4, -0.2) is 45.5 Å². The first kappa shape index (κ1) is 28.4. The Morgan fingerprint density at radius 2 is 2.00 bits per heavy atom. The van der Waals surface area contributed by atoms with Gasteiger partial charge in [0, 0.05) is 17.0 Å². The zero-order valence-electron chi connectivity index (χ0n) is 19.4. The Morgan fingerprint density at radius 1 is 1.26 bits per heavy atom. The number of hydrogen-bond donors (Lipinski definition) is 0. The first-order chi connectivity index (χ1) is 16.7. The van der Waals surface area contributed by atoms with Crippen molar-refractivity contribution in [3.8, 4) is 0 Å². The number of nitrogens with zero attached hydrogens (tertiary/aromatic N) is 4. The van der Waals surface area contributed by atoms with E-state index in [0.717, 1.165) is 24.6 Å². The molecular weight excluding hydrogens is 503 g/mol. The molecule has 13 heteroatoms. The van der Waals surface area contributed by atoms with Crippen molar-refractivity contribution >= 4 is 39.4 Å². The largest absolute Gasteiger partial charge is 0.463 e. The molecule has 35 heavy (non-hydrogen) atoms. The maximum atomic E-state index is 13.6. The monoisotopic (exact) mass is 530 g/mol. The van der Waals surface area contributed by atoms with Gasteiger partial charge in [-0.15, -0.1) is 0 Å². The summed E-state index contributed by atoms with van der Waals surface area (Å²) in [5.74, 6) is -1.31. The van der Waals surface area contributed by atoms with E-state index >= 15 is 0 Å². The number of unbranched alkanes of at least 4 members (excludes halogenated alkanes) is 3. The Bertz CT molecular complexity index is 1090. The lowest BCUT2D eigenvalue weighted by Gasteiger charge is -2.28. The molecule has 1 atom stereocenters. The molecule has 0 spiro atoms. The van der Waals surface area contributed by atoms with Crippen LogP contribution < -0.4 is 4.31 Å². The molecule has 0 saturated heterocycles. The fraction of sp³-hybridized carbons (Fsp3) is 0.545. The quantitative estimate of drug-likeness (QED) is 0.112. The van der Waals surface area contributed by atoms with Gasteiger partial charge >= 0.3 is 12.1 Å². The molecule has 0 heterocycles. The fourth-order valence-corrected chi connectivity index (χ4v) is 5.60. The SMILES string of the molecule is CCOC(=O)C1=CC(S(=O)(=O)N(C(=O)OCCCCCCN=[N+]=[N-])c2ccc(F)cc2Cl)CCC1. The van der Waals surface area contributed by atoms with Crippen molar-refractivity contribution in [2.75, 3.05) is 24.1 Å². The minimum absolute atomic E-state index is 0.0558. The number of sulfonamides is 1. The minimum atomic E-state index is -4.43. The summed E-state index contributed by atoms with van der Waals surface area (Å²) in [6.45, 7) is 2.10. The summed E-state index contributed by atoms with van der Waals surface area (Å²) in [6, 6.07) is 2.98. The highest BCUT2D eigenvalue weighted by molar-refractivity contribution is 7.94. The zero-order valence-corrected chi connectivity index (χ0v) is 20.9. The molecule has 10 nitrogen and oxygen atoms in total. The van der Waals surface area contributed by atoms with Gasteiger partial charge in [-0.1, -0.05) is 35.6 Å². The van der Waals surface area contributed by atoms with Crippen molar-refractivity contribution in [3.63, 3.8) is 0 Å². The lowest BCUT2D eigenvalue weighted by molar-refractivity contribution is -0.138. The topological polar surface area (TPSA) is 139 Å². The number of ether oxygens (including phenoxy) is 2. The second kappa shape index (κ2) is 13.9. The van der Waals surface area contributed by atoms with Crippen molar-refractivity contribution in [2.24, 2.45) is 5.11 Å². The van der Waals surface area contributed by atoms with Gasteiger partial charge in [0.05, 0.1) is 29.2 Å². The van der Waals surface area contributed by atoms with Gasteiger partial charge in [-0.2, -0.15) is 4.31 Å². The second-order valence-corrected chi connectivity index (χ2v) is 10.1. The Morgan fingerprint density at radius 3 is 2.69 bits per heavy atom. The number of anilines is 1. The number of halogens is 2. The molecule has 1 aromatic carbocycles. The summed E-state index contributed by atoms with van der Waals surface area (Å²) in [6.07, 6.45) is 3.58. The summed E-state index contributed by atoms with van der Waals surface area (Å²) < 4.78 is 51.4. The number of carbonyl (C=O) groups excluding carboxylic acids is 2. The van der Waals surface area contributed by atoms with Crippen molar-refractivity contribution in [1.29, 1.82) is 0 Å². The molecule has 0 aromatic heterocycles. The Labute approximate surface area is 208 Å². The normalized spacial score (nSPS) is 15.5. The molecule has 0 aliphatic heterocycles. The van der Waals surface area contributed by atoms with Crippen LogP contribution in [0.4, 0.5) is 14.9 Å². The van der Waals surface area contributed by atoms with E-state index in [0.29, 0.717) is 43.0 Å². The van der Waals surface area contributed by atoms with E-state index in [9.17, 15) is 22.4 Å². The number of esters is 1.